The first kappa shape index (κ1) is 16.2. The van der Waals surface area contributed by atoms with E-state index in [1.807, 2.05) is 32.0 Å². The van der Waals surface area contributed by atoms with Gasteiger partial charge in [0, 0.05) is 6.07 Å². The van der Waals surface area contributed by atoms with Crippen LogP contribution in [0.15, 0.2) is 47.5 Å². The van der Waals surface area contributed by atoms with Gasteiger partial charge in [0.25, 0.3) is 5.56 Å². The van der Waals surface area contributed by atoms with E-state index in [0.29, 0.717) is 16.7 Å². The van der Waals surface area contributed by atoms with Gasteiger partial charge < -0.3 is 9.84 Å². The van der Waals surface area contributed by atoms with E-state index in [0.717, 1.165) is 16.7 Å². The van der Waals surface area contributed by atoms with Crippen LogP contribution in [0.3, 0.4) is 0 Å². The summed E-state index contributed by atoms with van der Waals surface area (Å²) in [5.41, 5.74) is 3.37. The quantitative estimate of drug-likeness (QED) is 0.801. The second-order valence-electron chi connectivity index (χ2n) is 6.02. The zero-order valence-electron chi connectivity index (χ0n) is 14.0. The van der Waals surface area contributed by atoms with Crippen LogP contribution in [0.5, 0.6) is 5.75 Å². The fourth-order valence-electron chi connectivity index (χ4n) is 2.89. The van der Waals surface area contributed by atoms with Crippen LogP contribution in [-0.2, 0) is 6.54 Å². The van der Waals surface area contributed by atoms with Crippen molar-refractivity contribution >= 4 is 10.9 Å². The topological polar surface area (TPSA) is 64.3 Å². The molecule has 0 spiro atoms. The van der Waals surface area contributed by atoms with Crippen LogP contribution in [0.4, 0.5) is 0 Å². The number of methoxy groups -OCH3 is 1. The van der Waals surface area contributed by atoms with Crippen molar-refractivity contribution in [1.29, 1.82) is 0 Å². The van der Waals surface area contributed by atoms with Crippen molar-refractivity contribution < 1.29 is 9.84 Å². The van der Waals surface area contributed by atoms with E-state index in [1.54, 1.807) is 25.3 Å². The molecule has 124 valence electrons. The number of aromatic nitrogens is 2. The Labute approximate surface area is 140 Å². The van der Waals surface area contributed by atoms with Crippen LogP contribution < -0.4 is 10.3 Å². The van der Waals surface area contributed by atoms with Crippen molar-refractivity contribution in [3.05, 3.63) is 69.8 Å². The zero-order chi connectivity index (χ0) is 17.3. The van der Waals surface area contributed by atoms with Gasteiger partial charge in [-0.25, -0.2) is 4.98 Å². The smallest absolute Gasteiger partial charge is 0.261 e. The maximum absolute atomic E-state index is 12.6. The summed E-state index contributed by atoms with van der Waals surface area (Å²) in [5.74, 6) is 0.655. The lowest BCUT2D eigenvalue weighted by molar-refractivity contribution is 0.154. The van der Waals surface area contributed by atoms with Gasteiger partial charge in [-0.05, 0) is 31.5 Å². The lowest BCUT2D eigenvalue weighted by Crippen LogP contribution is -2.23. The molecular formula is C19H20N2O3. The third-order valence-corrected chi connectivity index (χ3v) is 4.03. The molecule has 24 heavy (non-hydrogen) atoms. The minimum absolute atomic E-state index is 0.163. The lowest BCUT2D eigenvalue weighted by Gasteiger charge is -2.15. The average Bonchev–Trinajstić information content (AvgIpc) is 2.56. The Kier molecular flexibility index (Phi) is 4.36. The normalized spacial score (nSPS) is 12.3. The van der Waals surface area contributed by atoms with Crippen LogP contribution in [0.2, 0.25) is 0 Å². The van der Waals surface area contributed by atoms with Crippen LogP contribution in [0.1, 0.15) is 22.8 Å². The molecule has 0 saturated heterocycles. The first-order chi connectivity index (χ1) is 11.5. The SMILES string of the molecule is COc1ccc2c(=O)n(CC(O)c3cc(C)cc(C)c3)cnc2c1. The standard InChI is InChI=1S/C19H20N2O3/c1-12-6-13(2)8-14(7-12)18(22)10-21-11-20-17-9-15(24-3)4-5-16(17)19(21)23/h4-9,11,18,22H,10H2,1-3H3. The van der Waals surface area contributed by atoms with E-state index < -0.39 is 6.10 Å². The van der Waals surface area contributed by atoms with Crippen LogP contribution in [0, 0.1) is 13.8 Å². The van der Waals surface area contributed by atoms with Crippen LogP contribution >= 0.6 is 0 Å². The van der Waals surface area contributed by atoms with E-state index in [4.69, 9.17) is 4.74 Å². The summed E-state index contributed by atoms with van der Waals surface area (Å²) < 4.78 is 6.59. The van der Waals surface area contributed by atoms with Crippen LogP contribution in [-0.4, -0.2) is 21.8 Å². The van der Waals surface area contributed by atoms with Gasteiger partial charge in [-0.1, -0.05) is 29.3 Å². The number of hydrogen-bond donors (Lipinski definition) is 1. The van der Waals surface area contributed by atoms with Gasteiger partial charge in [0.05, 0.1) is 37.0 Å². The molecular weight excluding hydrogens is 304 g/mol. The van der Waals surface area contributed by atoms with Gasteiger partial charge in [-0.3, -0.25) is 9.36 Å². The molecule has 0 aliphatic rings. The zero-order valence-corrected chi connectivity index (χ0v) is 14.0. The number of aliphatic hydroxyl groups is 1. The highest BCUT2D eigenvalue weighted by Crippen LogP contribution is 2.19. The Morgan fingerprint density at radius 2 is 1.88 bits per heavy atom. The third-order valence-electron chi connectivity index (χ3n) is 4.03. The third kappa shape index (κ3) is 3.16. The summed E-state index contributed by atoms with van der Waals surface area (Å²) in [5, 5.41) is 11.0. The van der Waals surface area contributed by atoms with E-state index in [2.05, 4.69) is 4.98 Å². The fraction of sp³-hybridized carbons (Fsp3) is 0.263. The maximum Gasteiger partial charge on any atom is 0.261 e. The van der Waals surface area contributed by atoms with Gasteiger partial charge in [0.15, 0.2) is 0 Å². The van der Waals surface area contributed by atoms with E-state index in [1.165, 1.54) is 10.9 Å². The largest absolute Gasteiger partial charge is 0.497 e. The molecule has 0 saturated carbocycles. The molecule has 1 atom stereocenters. The molecule has 0 amide bonds. The monoisotopic (exact) mass is 324 g/mol. The molecule has 0 aliphatic carbocycles. The Bertz CT molecular complexity index is 927. The molecule has 3 aromatic rings. The van der Waals surface area contributed by atoms with Crippen molar-refractivity contribution in [1.82, 2.24) is 9.55 Å². The van der Waals surface area contributed by atoms with Crippen molar-refractivity contribution in [2.24, 2.45) is 0 Å². The van der Waals surface area contributed by atoms with E-state index >= 15 is 0 Å². The van der Waals surface area contributed by atoms with Crippen molar-refractivity contribution in [2.75, 3.05) is 7.11 Å². The highest BCUT2D eigenvalue weighted by molar-refractivity contribution is 5.78. The Balaban J connectivity index is 1.95. The molecule has 5 nitrogen and oxygen atoms in total. The van der Waals surface area contributed by atoms with Gasteiger partial charge in [0.1, 0.15) is 5.75 Å². The number of hydrogen-bond acceptors (Lipinski definition) is 4. The van der Waals surface area contributed by atoms with Gasteiger partial charge >= 0.3 is 0 Å². The molecule has 2 aromatic carbocycles. The summed E-state index contributed by atoms with van der Waals surface area (Å²) in [7, 11) is 1.57. The van der Waals surface area contributed by atoms with Gasteiger partial charge in [-0.15, -0.1) is 0 Å². The van der Waals surface area contributed by atoms with Crippen LogP contribution in [0.25, 0.3) is 10.9 Å². The molecule has 1 N–H and O–H groups in total. The average molecular weight is 324 g/mol. The molecule has 5 heteroatoms. The van der Waals surface area contributed by atoms with Gasteiger partial charge in [-0.2, -0.15) is 0 Å². The number of aryl methyl sites for hydroxylation is 2. The molecule has 1 unspecified atom stereocenters. The minimum atomic E-state index is -0.765. The molecule has 0 radical (unpaired) electrons. The molecule has 0 bridgehead atoms. The molecule has 1 aromatic heterocycles. The number of ether oxygens (including phenoxy) is 1. The summed E-state index contributed by atoms with van der Waals surface area (Å²) in [6.45, 7) is 4.14. The van der Waals surface area contributed by atoms with Crippen molar-refractivity contribution in [3.8, 4) is 5.75 Å². The number of aliphatic hydroxyl groups excluding tert-OH is 1. The second-order valence-corrected chi connectivity index (χ2v) is 6.02. The summed E-state index contributed by atoms with van der Waals surface area (Å²) in [4.78, 5) is 16.9. The van der Waals surface area contributed by atoms with E-state index in [9.17, 15) is 9.90 Å². The second kappa shape index (κ2) is 6.45. The van der Waals surface area contributed by atoms with Crippen molar-refractivity contribution in [2.45, 2.75) is 26.5 Å². The molecule has 1 heterocycles. The predicted molar refractivity (Wildman–Crippen MR) is 93.4 cm³/mol. The Hall–Kier alpha value is -2.66. The number of benzene rings is 2. The summed E-state index contributed by atoms with van der Waals surface area (Å²) in [6.07, 6.45) is 0.703. The van der Waals surface area contributed by atoms with E-state index in [-0.39, 0.29) is 12.1 Å². The minimum Gasteiger partial charge on any atom is -0.497 e. The predicted octanol–water partition coefficient (Wildman–Crippen LogP) is 2.76. The summed E-state index contributed by atoms with van der Waals surface area (Å²) in [6, 6.07) is 11.1. The van der Waals surface area contributed by atoms with Crippen molar-refractivity contribution in [3.63, 3.8) is 0 Å². The Morgan fingerprint density at radius 1 is 1.17 bits per heavy atom. The molecule has 0 fully saturated rings. The van der Waals surface area contributed by atoms with Gasteiger partial charge in [0.2, 0.25) is 0 Å². The lowest BCUT2D eigenvalue weighted by atomic mass is 10.0. The molecule has 3 rings (SSSR count). The number of fused-ring (bicyclic) bond motifs is 1. The number of rotatable bonds is 4. The first-order valence-electron chi connectivity index (χ1n) is 7.77. The number of nitrogens with zero attached hydrogens (tertiary/aromatic N) is 2. The summed E-state index contributed by atoms with van der Waals surface area (Å²) >= 11 is 0. The first-order valence-corrected chi connectivity index (χ1v) is 7.77. The molecule has 0 aliphatic heterocycles. The highest BCUT2D eigenvalue weighted by atomic mass is 16.5. The Morgan fingerprint density at radius 3 is 2.54 bits per heavy atom. The maximum atomic E-state index is 12.6. The fourth-order valence-corrected chi connectivity index (χ4v) is 2.89. The highest BCUT2D eigenvalue weighted by Gasteiger charge is 2.12.